The minimum absolute atomic E-state index is 0.0480. The molecule has 1 saturated carbocycles. The Balaban J connectivity index is 1.64. The standard InChI is InChI=1S/C22H38N2O4S/c1-5-6-14-27-21-9-7-8-19(15-21)17-28-23-16-18-10-12-20(13-11-18)24-29(25,26)22(2,3)4/h7-9,15,18,20,23-24H,5-6,10-14,16-17H2,1-4H3. The highest BCUT2D eigenvalue weighted by atomic mass is 32.2. The van der Waals surface area contributed by atoms with Crippen molar-refractivity contribution in [3.63, 3.8) is 0 Å². The Morgan fingerprint density at radius 3 is 2.52 bits per heavy atom. The highest BCUT2D eigenvalue weighted by molar-refractivity contribution is 7.90. The molecular weight excluding hydrogens is 388 g/mol. The van der Waals surface area contributed by atoms with Crippen molar-refractivity contribution in [3.05, 3.63) is 29.8 Å². The largest absolute Gasteiger partial charge is 0.494 e. The van der Waals surface area contributed by atoms with Crippen molar-refractivity contribution in [1.82, 2.24) is 10.2 Å². The lowest BCUT2D eigenvalue weighted by atomic mass is 9.86. The van der Waals surface area contributed by atoms with Crippen LogP contribution in [-0.2, 0) is 21.5 Å². The molecule has 0 aromatic heterocycles. The zero-order valence-electron chi connectivity index (χ0n) is 18.4. The van der Waals surface area contributed by atoms with Gasteiger partial charge in [0.05, 0.1) is 18.0 Å². The molecule has 2 N–H and O–H groups in total. The third-order valence-electron chi connectivity index (χ3n) is 5.35. The molecule has 1 fully saturated rings. The van der Waals surface area contributed by atoms with Crippen LogP contribution in [0.2, 0.25) is 0 Å². The predicted molar refractivity (Wildman–Crippen MR) is 117 cm³/mol. The van der Waals surface area contributed by atoms with Gasteiger partial charge in [-0.1, -0.05) is 25.5 Å². The van der Waals surface area contributed by atoms with Crippen LogP contribution in [0.1, 0.15) is 71.8 Å². The van der Waals surface area contributed by atoms with Crippen molar-refractivity contribution in [3.8, 4) is 5.75 Å². The third-order valence-corrected chi connectivity index (χ3v) is 7.61. The first-order chi connectivity index (χ1) is 13.7. The van der Waals surface area contributed by atoms with Crippen LogP contribution >= 0.6 is 0 Å². The van der Waals surface area contributed by atoms with Gasteiger partial charge in [0, 0.05) is 12.6 Å². The van der Waals surface area contributed by atoms with Gasteiger partial charge in [0.2, 0.25) is 10.0 Å². The highest BCUT2D eigenvalue weighted by Gasteiger charge is 2.32. The molecule has 0 bridgehead atoms. The number of unbranched alkanes of at least 4 members (excludes halogenated alkanes) is 1. The monoisotopic (exact) mass is 426 g/mol. The number of nitrogens with one attached hydrogen (secondary N) is 2. The van der Waals surface area contributed by atoms with Gasteiger partial charge in [0.15, 0.2) is 0 Å². The van der Waals surface area contributed by atoms with Crippen LogP contribution in [0.4, 0.5) is 0 Å². The second-order valence-electron chi connectivity index (χ2n) is 8.94. The van der Waals surface area contributed by atoms with E-state index in [1.165, 1.54) is 0 Å². The third kappa shape index (κ3) is 8.24. The molecule has 1 aliphatic carbocycles. The Labute approximate surface area is 176 Å². The van der Waals surface area contributed by atoms with E-state index in [-0.39, 0.29) is 6.04 Å². The van der Waals surface area contributed by atoms with Crippen LogP contribution in [0, 0.1) is 5.92 Å². The molecule has 1 aromatic rings. The summed E-state index contributed by atoms with van der Waals surface area (Å²) in [5.41, 5.74) is 4.16. The summed E-state index contributed by atoms with van der Waals surface area (Å²) in [6, 6.07) is 8.05. The minimum Gasteiger partial charge on any atom is -0.494 e. The molecule has 2 rings (SSSR count). The van der Waals surface area contributed by atoms with Crippen LogP contribution in [0.3, 0.4) is 0 Å². The van der Waals surface area contributed by atoms with Gasteiger partial charge in [-0.05, 0) is 76.5 Å². The topological polar surface area (TPSA) is 76.7 Å². The van der Waals surface area contributed by atoms with E-state index in [9.17, 15) is 8.42 Å². The summed E-state index contributed by atoms with van der Waals surface area (Å²) >= 11 is 0. The molecule has 166 valence electrons. The zero-order chi connectivity index (χ0) is 21.3. The molecule has 0 saturated heterocycles. The molecule has 0 unspecified atom stereocenters. The number of hydroxylamine groups is 1. The number of sulfonamides is 1. The number of rotatable bonds is 11. The lowest BCUT2D eigenvalue weighted by Crippen LogP contribution is -2.46. The molecule has 0 spiro atoms. The molecule has 0 atom stereocenters. The summed E-state index contributed by atoms with van der Waals surface area (Å²) in [6.45, 7) is 9.36. The maximum Gasteiger partial charge on any atom is 0.216 e. The lowest BCUT2D eigenvalue weighted by Gasteiger charge is -2.31. The van der Waals surface area contributed by atoms with E-state index >= 15 is 0 Å². The minimum atomic E-state index is -3.28. The van der Waals surface area contributed by atoms with E-state index in [1.807, 2.05) is 24.3 Å². The maximum absolute atomic E-state index is 12.3. The first-order valence-electron chi connectivity index (χ1n) is 10.8. The first kappa shape index (κ1) is 24.1. The van der Waals surface area contributed by atoms with Crippen molar-refractivity contribution in [1.29, 1.82) is 0 Å². The zero-order valence-corrected chi connectivity index (χ0v) is 19.2. The van der Waals surface area contributed by atoms with E-state index in [2.05, 4.69) is 17.1 Å². The van der Waals surface area contributed by atoms with E-state index in [0.29, 0.717) is 12.5 Å². The van der Waals surface area contributed by atoms with Crippen molar-refractivity contribution in [2.24, 2.45) is 5.92 Å². The van der Waals surface area contributed by atoms with E-state index in [1.54, 1.807) is 20.8 Å². The average Bonchev–Trinajstić information content (AvgIpc) is 2.66. The summed E-state index contributed by atoms with van der Waals surface area (Å²) in [5.74, 6) is 1.39. The Hall–Kier alpha value is -1.15. The quantitative estimate of drug-likeness (QED) is 0.410. The SMILES string of the molecule is CCCCOc1cccc(CONCC2CCC(NS(=O)(=O)C(C)(C)C)CC2)c1. The van der Waals surface area contributed by atoms with Crippen LogP contribution in [0.15, 0.2) is 24.3 Å². The van der Waals surface area contributed by atoms with Gasteiger partial charge < -0.3 is 4.74 Å². The maximum atomic E-state index is 12.3. The van der Waals surface area contributed by atoms with E-state index < -0.39 is 14.8 Å². The molecule has 0 aliphatic heterocycles. The number of hydrogen-bond donors (Lipinski definition) is 2. The molecule has 0 radical (unpaired) electrons. The number of hydrogen-bond acceptors (Lipinski definition) is 5. The summed E-state index contributed by atoms with van der Waals surface area (Å²) < 4.78 is 32.4. The van der Waals surface area contributed by atoms with E-state index in [4.69, 9.17) is 9.57 Å². The van der Waals surface area contributed by atoms with Gasteiger partial charge in [0.25, 0.3) is 0 Å². The smallest absolute Gasteiger partial charge is 0.216 e. The summed E-state index contributed by atoms with van der Waals surface area (Å²) in [7, 11) is -3.28. The fourth-order valence-corrected chi connectivity index (χ4v) is 4.28. The van der Waals surface area contributed by atoms with E-state index in [0.717, 1.165) is 63.0 Å². The predicted octanol–water partition coefficient (Wildman–Crippen LogP) is 4.16. The fraction of sp³-hybridized carbons (Fsp3) is 0.727. The molecule has 7 heteroatoms. The second kappa shape index (κ2) is 11.3. The van der Waals surface area contributed by atoms with Gasteiger partial charge in [-0.25, -0.2) is 18.6 Å². The number of ether oxygens (including phenoxy) is 1. The summed E-state index contributed by atoms with van der Waals surface area (Å²) in [6.07, 6.45) is 5.92. The van der Waals surface area contributed by atoms with Crippen molar-refractivity contribution in [2.75, 3.05) is 13.2 Å². The molecule has 0 heterocycles. The van der Waals surface area contributed by atoms with Gasteiger partial charge in [-0.2, -0.15) is 0 Å². The molecule has 1 aliphatic rings. The van der Waals surface area contributed by atoms with Crippen molar-refractivity contribution < 1.29 is 18.0 Å². The molecular formula is C22H38N2O4S. The molecule has 1 aromatic carbocycles. The number of benzene rings is 1. The summed E-state index contributed by atoms with van der Waals surface area (Å²) in [4.78, 5) is 5.64. The molecule has 0 amide bonds. The van der Waals surface area contributed by atoms with Gasteiger partial charge in [0.1, 0.15) is 5.75 Å². The second-order valence-corrected chi connectivity index (χ2v) is 11.4. The van der Waals surface area contributed by atoms with Gasteiger partial charge in [-0.15, -0.1) is 0 Å². The Bertz CT molecular complexity index is 708. The van der Waals surface area contributed by atoms with Crippen molar-refractivity contribution in [2.45, 2.75) is 83.6 Å². The average molecular weight is 427 g/mol. The lowest BCUT2D eigenvalue weighted by molar-refractivity contribution is 0.0158. The Morgan fingerprint density at radius 1 is 1.14 bits per heavy atom. The fourth-order valence-electron chi connectivity index (χ4n) is 3.25. The van der Waals surface area contributed by atoms with Crippen LogP contribution in [-0.4, -0.2) is 32.4 Å². The Kier molecular flexibility index (Phi) is 9.40. The van der Waals surface area contributed by atoms with Crippen LogP contribution in [0.5, 0.6) is 5.75 Å². The van der Waals surface area contributed by atoms with Crippen LogP contribution in [0.25, 0.3) is 0 Å². The van der Waals surface area contributed by atoms with Gasteiger partial charge >= 0.3 is 0 Å². The normalized spacial score (nSPS) is 20.6. The first-order valence-corrected chi connectivity index (χ1v) is 12.3. The Morgan fingerprint density at radius 2 is 1.86 bits per heavy atom. The van der Waals surface area contributed by atoms with Gasteiger partial charge in [-0.3, -0.25) is 4.84 Å². The molecule has 6 nitrogen and oxygen atoms in total. The molecule has 29 heavy (non-hydrogen) atoms. The van der Waals surface area contributed by atoms with Crippen molar-refractivity contribution >= 4 is 10.0 Å². The van der Waals surface area contributed by atoms with Crippen LogP contribution < -0.4 is 14.9 Å². The summed E-state index contributed by atoms with van der Waals surface area (Å²) in [5, 5.41) is 0. The highest BCUT2D eigenvalue weighted by Crippen LogP contribution is 2.26.